The summed E-state index contributed by atoms with van der Waals surface area (Å²) in [6, 6.07) is 0.159. The normalized spacial score (nSPS) is 28.9. The summed E-state index contributed by atoms with van der Waals surface area (Å²) in [5.41, 5.74) is 0. The molecule has 0 radical (unpaired) electrons. The summed E-state index contributed by atoms with van der Waals surface area (Å²) in [4.78, 5) is 26.7. The van der Waals surface area contributed by atoms with E-state index in [4.69, 9.17) is 5.11 Å². The molecule has 1 aliphatic carbocycles. The average molecular weight is 240 g/mol. The first-order valence-electron chi connectivity index (χ1n) is 6.28. The monoisotopic (exact) mass is 240 g/mol. The molecule has 0 aromatic heterocycles. The van der Waals surface area contributed by atoms with Gasteiger partial charge in [-0.25, -0.2) is 4.79 Å². The van der Waals surface area contributed by atoms with Gasteiger partial charge in [0.2, 0.25) is 0 Å². The molecule has 5 nitrogen and oxygen atoms in total. The van der Waals surface area contributed by atoms with Gasteiger partial charge in [0.25, 0.3) is 0 Å². The van der Waals surface area contributed by atoms with Gasteiger partial charge in [-0.15, -0.1) is 0 Å². The van der Waals surface area contributed by atoms with Crippen molar-refractivity contribution in [3.63, 3.8) is 0 Å². The lowest BCUT2D eigenvalue weighted by Gasteiger charge is -2.38. The Morgan fingerprint density at radius 2 is 1.94 bits per heavy atom. The quantitative estimate of drug-likeness (QED) is 0.793. The fourth-order valence-corrected chi connectivity index (χ4v) is 2.67. The van der Waals surface area contributed by atoms with Gasteiger partial charge in [-0.1, -0.05) is 0 Å². The molecular formula is C12H20N2O3. The van der Waals surface area contributed by atoms with Crippen molar-refractivity contribution in [1.82, 2.24) is 9.80 Å². The second-order valence-electron chi connectivity index (χ2n) is 5.15. The van der Waals surface area contributed by atoms with Crippen LogP contribution >= 0.6 is 0 Å². The molecule has 0 spiro atoms. The van der Waals surface area contributed by atoms with Crippen LogP contribution < -0.4 is 0 Å². The summed E-state index contributed by atoms with van der Waals surface area (Å²) in [7, 11) is 1.83. The molecule has 1 aliphatic heterocycles. The van der Waals surface area contributed by atoms with Crippen molar-refractivity contribution in [2.75, 3.05) is 13.6 Å². The van der Waals surface area contributed by atoms with E-state index in [0.717, 1.165) is 12.8 Å². The standard InChI is InChI=1S/C12H20N2O3/c1-8-10(11(15)16)6-7-14(8)12(17)13(2)9-4-3-5-9/h8-10H,3-7H2,1-2H3,(H,15,16). The number of rotatable bonds is 2. The van der Waals surface area contributed by atoms with E-state index in [2.05, 4.69) is 0 Å². The molecule has 0 aromatic rings. The number of nitrogens with zero attached hydrogens (tertiary/aromatic N) is 2. The number of likely N-dealkylation sites (tertiary alicyclic amines) is 1. The van der Waals surface area contributed by atoms with E-state index >= 15 is 0 Å². The topological polar surface area (TPSA) is 60.9 Å². The van der Waals surface area contributed by atoms with E-state index < -0.39 is 11.9 Å². The number of hydrogen-bond acceptors (Lipinski definition) is 2. The zero-order valence-corrected chi connectivity index (χ0v) is 10.4. The van der Waals surface area contributed by atoms with E-state index in [9.17, 15) is 9.59 Å². The first-order chi connectivity index (χ1) is 8.02. The predicted molar refractivity (Wildman–Crippen MR) is 62.7 cm³/mol. The lowest BCUT2D eigenvalue weighted by Crippen LogP contribution is -2.50. The molecule has 1 N–H and O–H groups in total. The molecule has 2 unspecified atom stereocenters. The van der Waals surface area contributed by atoms with Crippen molar-refractivity contribution in [3.05, 3.63) is 0 Å². The molecule has 2 atom stereocenters. The van der Waals surface area contributed by atoms with Crippen molar-refractivity contribution < 1.29 is 14.7 Å². The van der Waals surface area contributed by atoms with E-state index in [-0.39, 0.29) is 12.1 Å². The highest BCUT2D eigenvalue weighted by atomic mass is 16.4. The zero-order chi connectivity index (χ0) is 12.6. The number of amides is 2. The Hall–Kier alpha value is -1.26. The minimum atomic E-state index is -0.793. The van der Waals surface area contributed by atoms with Gasteiger partial charge < -0.3 is 14.9 Å². The number of carbonyl (C=O) groups excluding carboxylic acids is 1. The highest BCUT2D eigenvalue weighted by Crippen LogP contribution is 2.29. The molecule has 2 rings (SSSR count). The van der Waals surface area contributed by atoms with Gasteiger partial charge in [-0.3, -0.25) is 4.79 Å². The SMILES string of the molecule is CC1C(C(=O)O)CCN1C(=O)N(C)C1CCC1. The van der Waals surface area contributed by atoms with Crippen LogP contribution in [0.4, 0.5) is 4.79 Å². The van der Waals surface area contributed by atoms with Crippen molar-refractivity contribution in [2.45, 2.75) is 44.7 Å². The Morgan fingerprint density at radius 3 is 2.35 bits per heavy atom. The molecule has 2 aliphatic rings. The van der Waals surface area contributed by atoms with E-state index in [1.165, 1.54) is 6.42 Å². The number of urea groups is 1. The summed E-state index contributed by atoms with van der Waals surface area (Å²) in [6.07, 6.45) is 3.91. The van der Waals surface area contributed by atoms with Crippen LogP contribution in [0.2, 0.25) is 0 Å². The summed E-state index contributed by atoms with van der Waals surface area (Å²) in [5.74, 6) is -1.20. The second-order valence-corrected chi connectivity index (χ2v) is 5.15. The van der Waals surface area contributed by atoms with Gasteiger partial charge >= 0.3 is 12.0 Å². The molecule has 0 aromatic carbocycles. The Labute approximate surface area is 101 Å². The second kappa shape index (κ2) is 4.55. The lowest BCUT2D eigenvalue weighted by atomic mass is 9.92. The number of carboxylic acids is 1. The van der Waals surface area contributed by atoms with Crippen molar-refractivity contribution >= 4 is 12.0 Å². The minimum absolute atomic E-state index is 0.00838. The molecular weight excluding hydrogens is 220 g/mol. The predicted octanol–water partition coefficient (Wildman–Crippen LogP) is 1.39. The van der Waals surface area contributed by atoms with E-state index in [1.807, 2.05) is 14.0 Å². The van der Waals surface area contributed by atoms with Gasteiger partial charge in [0.15, 0.2) is 0 Å². The fourth-order valence-electron chi connectivity index (χ4n) is 2.67. The fraction of sp³-hybridized carbons (Fsp3) is 0.833. The van der Waals surface area contributed by atoms with E-state index in [0.29, 0.717) is 19.0 Å². The summed E-state index contributed by atoms with van der Waals surface area (Å²) < 4.78 is 0. The third kappa shape index (κ3) is 2.10. The smallest absolute Gasteiger partial charge is 0.320 e. The maximum atomic E-state index is 12.2. The highest BCUT2D eigenvalue weighted by molar-refractivity contribution is 5.78. The van der Waals surface area contributed by atoms with Crippen LogP contribution in [0, 0.1) is 5.92 Å². The number of carboxylic acid groups (broad SMARTS) is 1. The van der Waals surface area contributed by atoms with Crippen molar-refractivity contribution in [1.29, 1.82) is 0 Å². The third-order valence-corrected chi connectivity index (χ3v) is 4.24. The molecule has 1 saturated carbocycles. The third-order valence-electron chi connectivity index (χ3n) is 4.24. The maximum absolute atomic E-state index is 12.2. The molecule has 5 heteroatoms. The van der Waals surface area contributed by atoms with Crippen LogP contribution in [0.3, 0.4) is 0 Å². The molecule has 0 bridgehead atoms. The largest absolute Gasteiger partial charge is 0.481 e. The maximum Gasteiger partial charge on any atom is 0.320 e. The number of carbonyl (C=O) groups is 2. The van der Waals surface area contributed by atoms with Gasteiger partial charge in [0, 0.05) is 25.7 Å². The number of aliphatic carboxylic acids is 1. The zero-order valence-electron chi connectivity index (χ0n) is 10.4. The molecule has 96 valence electrons. The van der Waals surface area contributed by atoms with Gasteiger partial charge in [0.05, 0.1) is 5.92 Å². The average Bonchev–Trinajstić information content (AvgIpc) is 2.56. The van der Waals surface area contributed by atoms with Crippen LogP contribution in [0.5, 0.6) is 0 Å². The highest BCUT2D eigenvalue weighted by Gasteiger charge is 2.40. The summed E-state index contributed by atoms with van der Waals surface area (Å²) in [5, 5.41) is 9.04. The lowest BCUT2D eigenvalue weighted by molar-refractivity contribution is -0.142. The summed E-state index contributed by atoms with van der Waals surface area (Å²) >= 11 is 0. The van der Waals surface area contributed by atoms with Gasteiger partial charge in [-0.05, 0) is 32.6 Å². The summed E-state index contributed by atoms with van der Waals surface area (Å²) in [6.45, 7) is 2.40. The van der Waals surface area contributed by atoms with Gasteiger partial charge in [0.1, 0.15) is 0 Å². The van der Waals surface area contributed by atoms with Crippen molar-refractivity contribution in [3.8, 4) is 0 Å². The molecule has 1 saturated heterocycles. The number of hydrogen-bond donors (Lipinski definition) is 1. The Morgan fingerprint density at radius 1 is 1.29 bits per heavy atom. The molecule has 17 heavy (non-hydrogen) atoms. The minimum Gasteiger partial charge on any atom is -0.481 e. The first kappa shape index (κ1) is 12.2. The Balaban J connectivity index is 1.98. The van der Waals surface area contributed by atoms with E-state index in [1.54, 1.807) is 9.80 Å². The molecule has 2 fully saturated rings. The first-order valence-corrected chi connectivity index (χ1v) is 6.28. The molecule has 2 amide bonds. The Bertz CT molecular complexity index is 328. The van der Waals surface area contributed by atoms with Crippen LogP contribution in [0.1, 0.15) is 32.6 Å². The van der Waals surface area contributed by atoms with Crippen LogP contribution in [0.25, 0.3) is 0 Å². The van der Waals surface area contributed by atoms with Crippen LogP contribution in [-0.4, -0.2) is 52.6 Å². The van der Waals surface area contributed by atoms with Crippen LogP contribution in [-0.2, 0) is 4.79 Å². The van der Waals surface area contributed by atoms with Crippen LogP contribution in [0.15, 0.2) is 0 Å². The molecule has 1 heterocycles. The Kier molecular flexibility index (Phi) is 3.26. The van der Waals surface area contributed by atoms with Gasteiger partial charge in [-0.2, -0.15) is 0 Å². The van der Waals surface area contributed by atoms with Crippen molar-refractivity contribution in [2.24, 2.45) is 5.92 Å².